The molecule has 1 aliphatic rings. The zero-order valence-corrected chi connectivity index (χ0v) is 15.2. The Labute approximate surface area is 156 Å². The van der Waals surface area contributed by atoms with Crippen molar-refractivity contribution >= 4 is 17.7 Å². The number of benzene rings is 1. The molecule has 0 bridgehead atoms. The van der Waals surface area contributed by atoms with Crippen molar-refractivity contribution in [3.05, 3.63) is 47.7 Å². The Morgan fingerprint density at radius 1 is 1.04 bits per heavy atom. The third-order valence-corrected chi connectivity index (χ3v) is 4.48. The number of aromatic carboxylic acids is 1. The average Bonchev–Trinajstić information content (AvgIpc) is 2.72. The lowest BCUT2D eigenvalue weighted by atomic mass is 10.1. The SMILES string of the molecule is COc1cc(OC)cc(C(=O)N2CCN(c3ncccc3C(=O)O)CC2)c1. The minimum absolute atomic E-state index is 0.119. The van der Waals surface area contributed by atoms with Gasteiger partial charge < -0.3 is 24.4 Å². The minimum Gasteiger partial charge on any atom is -0.497 e. The minimum atomic E-state index is -1.01. The molecule has 1 aromatic carbocycles. The Hall–Kier alpha value is -3.29. The van der Waals surface area contributed by atoms with Crippen LogP contribution in [0.1, 0.15) is 20.7 Å². The fourth-order valence-electron chi connectivity index (χ4n) is 3.05. The summed E-state index contributed by atoms with van der Waals surface area (Å²) < 4.78 is 10.4. The smallest absolute Gasteiger partial charge is 0.339 e. The van der Waals surface area contributed by atoms with E-state index in [0.717, 1.165) is 0 Å². The van der Waals surface area contributed by atoms with Crippen LogP contribution in [0.5, 0.6) is 11.5 Å². The van der Waals surface area contributed by atoms with E-state index in [-0.39, 0.29) is 11.5 Å². The Morgan fingerprint density at radius 2 is 1.67 bits per heavy atom. The van der Waals surface area contributed by atoms with Gasteiger partial charge in [0, 0.05) is 44.0 Å². The van der Waals surface area contributed by atoms with Crippen LogP contribution in [0.3, 0.4) is 0 Å². The van der Waals surface area contributed by atoms with Crippen LogP contribution in [0.4, 0.5) is 5.82 Å². The van der Waals surface area contributed by atoms with Gasteiger partial charge in [-0.15, -0.1) is 0 Å². The van der Waals surface area contributed by atoms with Crippen LogP contribution in [0, 0.1) is 0 Å². The molecule has 1 fully saturated rings. The monoisotopic (exact) mass is 371 g/mol. The molecule has 27 heavy (non-hydrogen) atoms. The van der Waals surface area contributed by atoms with Crippen LogP contribution >= 0.6 is 0 Å². The number of carboxylic acid groups (broad SMARTS) is 1. The van der Waals surface area contributed by atoms with Crippen molar-refractivity contribution in [3.8, 4) is 11.5 Å². The number of rotatable bonds is 5. The number of carboxylic acids is 1. The number of amides is 1. The van der Waals surface area contributed by atoms with Crippen molar-refractivity contribution in [3.63, 3.8) is 0 Å². The molecule has 0 saturated carbocycles. The summed E-state index contributed by atoms with van der Waals surface area (Å²) in [4.78, 5) is 32.1. The van der Waals surface area contributed by atoms with Gasteiger partial charge in [-0.3, -0.25) is 4.79 Å². The van der Waals surface area contributed by atoms with Gasteiger partial charge in [-0.1, -0.05) is 0 Å². The molecule has 8 heteroatoms. The van der Waals surface area contributed by atoms with Gasteiger partial charge in [0.05, 0.1) is 14.2 Å². The normalized spacial score (nSPS) is 14.0. The average molecular weight is 371 g/mol. The highest BCUT2D eigenvalue weighted by Gasteiger charge is 2.26. The van der Waals surface area contributed by atoms with Crippen LogP contribution in [0.25, 0.3) is 0 Å². The second-order valence-electron chi connectivity index (χ2n) is 6.06. The van der Waals surface area contributed by atoms with E-state index in [1.54, 1.807) is 35.4 Å². The molecular formula is C19H21N3O5. The van der Waals surface area contributed by atoms with E-state index in [1.807, 2.05) is 4.90 Å². The van der Waals surface area contributed by atoms with Gasteiger partial charge >= 0.3 is 5.97 Å². The predicted octanol–water partition coefficient (Wildman–Crippen LogP) is 1.76. The number of hydrogen-bond donors (Lipinski definition) is 1. The zero-order chi connectivity index (χ0) is 19.4. The fraction of sp³-hybridized carbons (Fsp3) is 0.316. The molecule has 1 saturated heterocycles. The molecule has 1 amide bonds. The number of hydrogen-bond acceptors (Lipinski definition) is 6. The number of anilines is 1. The molecule has 142 valence electrons. The molecule has 0 radical (unpaired) electrons. The highest BCUT2D eigenvalue weighted by atomic mass is 16.5. The second kappa shape index (κ2) is 7.94. The van der Waals surface area contributed by atoms with Crippen molar-refractivity contribution in [1.29, 1.82) is 0 Å². The van der Waals surface area contributed by atoms with Crippen LogP contribution < -0.4 is 14.4 Å². The second-order valence-corrected chi connectivity index (χ2v) is 6.06. The highest BCUT2D eigenvalue weighted by Crippen LogP contribution is 2.24. The number of nitrogens with zero attached hydrogens (tertiary/aromatic N) is 3. The zero-order valence-electron chi connectivity index (χ0n) is 15.2. The molecular weight excluding hydrogens is 350 g/mol. The molecule has 1 N–H and O–H groups in total. The number of carbonyl (C=O) groups is 2. The summed E-state index contributed by atoms with van der Waals surface area (Å²) in [6.07, 6.45) is 1.57. The number of ether oxygens (including phenoxy) is 2. The topological polar surface area (TPSA) is 92.2 Å². The molecule has 3 rings (SSSR count). The van der Waals surface area contributed by atoms with Gasteiger partial charge in [0.1, 0.15) is 22.9 Å². The van der Waals surface area contributed by atoms with Gasteiger partial charge in [-0.05, 0) is 24.3 Å². The van der Waals surface area contributed by atoms with E-state index >= 15 is 0 Å². The summed E-state index contributed by atoms with van der Waals surface area (Å²) in [6.45, 7) is 1.94. The third-order valence-electron chi connectivity index (χ3n) is 4.48. The molecule has 2 heterocycles. The number of pyridine rings is 1. The maximum atomic E-state index is 12.8. The van der Waals surface area contributed by atoms with Gasteiger partial charge in [-0.2, -0.15) is 0 Å². The first-order chi connectivity index (χ1) is 13.0. The first kappa shape index (κ1) is 18.5. The van der Waals surface area contributed by atoms with Crippen LogP contribution in [-0.4, -0.2) is 67.3 Å². The molecule has 8 nitrogen and oxygen atoms in total. The van der Waals surface area contributed by atoms with Gasteiger partial charge in [-0.25, -0.2) is 9.78 Å². The van der Waals surface area contributed by atoms with Gasteiger partial charge in [0.15, 0.2) is 0 Å². The Balaban J connectivity index is 1.73. The molecule has 0 aliphatic carbocycles. The lowest BCUT2D eigenvalue weighted by Gasteiger charge is -2.36. The Bertz CT molecular complexity index is 825. The van der Waals surface area contributed by atoms with Crippen molar-refractivity contribution in [2.24, 2.45) is 0 Å². The maximum Gasteiger partial charge on any atom is 0.339 e. The van der Waals surface area contributed by atoms with Crippen LogP contribution in [-0.2, 0) is 0 Å². The molecule has 1 aromatic heterocycles. The first-order valence-electron chi connectivity index (χ1n) is 8.49. The number of methoxy groups -OCH3 is 2. The molecule has 1 aliphatic heterocycles. The van der Waals surface area contributed by atoms with E-state index in [0.29, 0.717) is 49.1 Å². The lowest BCUT2D eigenvalue weighted by Crippen LogP contribution is -2.49. The largest absolute Gasteiger partial charge is 0.497 e. The Kier molecular flexibility index (Phi) is 5.44. The predicted molar refractivity (Wildman–Crippen MR) is 98.9 cm³/mol. The molecule has 0 spiro atoms. The highest BCUT2D eigenvalue weighted by molar-refractivity contribution is 5.95. The molecule has 0 atom stereocenters. The Morgan fingerprint density at radius 3 is 2.22 bits per heavy atom. The van der Waals surface area contributed by atoms with Crippen LogP contribution in [0.2, 0.25) is 0 Å². The summed E-state index contributed by atoms with van der Waals surface area (Å²) in [5.74, 6) is 0.401. The van der Waals surface area contributed by atoms with Crippen molar-refractivity contribution < 1.29 is 24.2 Å². The molecule has 0 unspecified atom stereocenters. The summed E-state index contributed by atoms with van der Waals surface area (Å²) in [6, 6.07) is 8.20. The van der Waals surface area contributed by atoms with E-state index < -0.39 is 5.97 Å². The first-order valence-corrected chi connectivity index (χ1v) is 8.49. The van der Waals surface area contributed by atoms with Crippen LogP contribution in [0.15, 0.2) is 36.5 Å². The summed E-state index contributed by atoms with van der Waals surface area (Å²) in [5.41, 5.74) is 0.651. The third kappa shape index (κ3) is 3.94. The summed E-state index contributed by atoms with van der Waals surface area (Å²) in [5, 5.41) is 9.33. The van der Waals surface area contributed by atoms with Gasteiger partial charge in [0.2, 0.25) is 0 Å². The lowest BCUT2D eigenvalue weighted by molar-refractivity contribution is 0.0692. The van der Waals surface area contributed by atoms with E-state index in [4.69, 9.17) is 9.47 Å². The van der Waals surface area contributed by atoms with Crippen molar-refractivity contribution in [1.82, 2.24) is 9.88 Å². The summed E-state index contributed by atoms with van der Waals surface area (Å²) >= 11 is 0. The number of carbonyl (C=O) groups excluding carboxylic acids is 1. The molecule has 2 aromatic rings. The van der Waals surface area contributed by atoms with Gasteiger partial charge in [0.25, 0.3) is 5.91 Å². The van der Waals surface area contributed by atoms with E-state index in [9.17, 15) is 14.7 Å². The maximum absolute atomic E-state index is 12.8. The quantitative estimate of drug-likeness (QED) is 0.856. The van der Waals surface area contributed by atoms with Crippen molar-refractivity contribution in [2.75, 3.05) is 45.3 Å². The summed E-state index contributed by atoms with van der Waals surface area (Å²) in [7, 11) is 3.07. The fourth-order valence-corrected chi connectivity index (χ4v) is 3.05. The van der Waals surface area contributed by atoms with E-state index in [1.165, 1.54) is 20.3 Å². The number of piperazine rings is 1. The van der Waals surface area contributed by atoms with Crippen molar-refractivity contribution in [2.45, 2.75) is 0 Å². The van der Waals surface area contributed by atoms with E-state index in [2.05, 4.69) is 4.98 Å². The standard InChI is InChI=1S/C19H21N3O5/c1-26-14-10-13(11-15(12-14)27-2)18(23)22-8-6-21(7-9-22)17-16(19(24)25)4-3-5-20-17/h3-5,10-12H,6-9H2,1-2H3,(H,24,25). The number of aromatic nitrogens is 1.